The predicted molar refractivity (Wildman–Crippen MR) is 87.2 cm³/mol. The molecule has 0 amide bonds. The van der Waals surface area contributed by atoms with Crippen molar-refractivity contribution in [2.24, 2.45) is 0 Å². The van der Waals surface area contributed by atoms with Gasteiger partial charge in [-0.05, 0) is 30.2 Å². The first-order chi connectivity index (χ1) is 10.5. The van der Waals surface area contributed by atoms with E-state index < -0.39 is 11.7 Å². The first-order valence-corrected chi connectivity index (χ1v) is 7.27. The molecule has 0 unspecified atom stereocenters. The molecule has 130 valence electrons. The third kappa shape index (κ3) is 5.12. The maximum atomic E-state index is 13.1. The van der Waals surface area contributed by atoms with E-state index in [-0.39, 0.29) is 24.2 Å². The van der Waals surface area contributed by atoms with Gasteiger partial charge in [0.2, 0.25) is 0 Å². The fourth-order valence-electron chi connectivity index (χ4n) is 2.74. The summed E-state index contributed by atoms with van der Waals surface area (Å²) in [6, 6.07) is 3.83. The van der Waals surface area contributed by atoms with Gasteiger partial charge in [-0.2, -0.15) is 13.2 Å². The lowest BCUT2D eigenvalue weighted by Gasteiger charge is -2.35. The molecule has 0 spiro atoms. The highest BCUT2D eigenvalue weighted by Gasteiger charge is 2.32. The molecule has 23 heavy (non-hydrogen) atoms. The lowest BCUT2D eigenvalue weighted by Crippen LogP contribution is -2.45. The molecule has 0 saturated carbocycles. The topological polar surface area (TPSA) is 24.5 Å². The third-order valence-electron chi connectivity index (χ3n) is 3.86. The van der Waals surface area contributed by atoms with E-state index in [9.17, 15) is 13.2 Å². The van der Waals surface area contributed by atoms with Crippen LogP contribution in [-0.4, -0.2) is 38.2 Å². The Morgan fingerprint density at radius 3 is 2.48 bits per heavy atom. The number of nitrogens with zero attached hydrogens (tertiary/aromatic N) is 1. The number of benzene rings is 1. The first-order valence-electron chi connectivity index (χ1n) is 7.27. The lowest BCUT2D eigenvalue weighted by atomic mass is 9.98. The molecule has 2 rings (SSSR count). The van der Waals surface area contributed by atoms with Crippen LogP contribution in [0.15, 0.2) is 30.9 Å². The van der Waals surface area contributed by atoms with Crippen LogP contribution in [0.4, 0.5) is 13.2 Å². The van der Waals surface area contributed by atoms with E-state index in [1.54, 1.807) is 12.1 Å². The van der Waals surface area contributed by atoms with Crippen molar-refractivity contribution in [1.82, 2.24) is 10.2 Å². The van der Waals surface area contributed by atoms with E-state index in [0.717, 1.165) is 32.2 Å². The van der Waals surface area contributed by atoms with Gasteiger partial charge in [-0.3, -0.25) is 4.90 Å². The minimum atomic E-state index is -4.38. The summed E-state index contributed by atoms with van der Waals surface area (Å²) in [5, 5.41) is 3.25. The van der Waals surface area contributed by atoms with Crippen LogP contribution in [0.5, 0.6) is 5.75 Å². The van der Waals surface area contributed by atoms with Gasteiger partial charge in [0.1, 0.15) is 5.75 Å². The van der Waals surface area contributed by atoms with Crippen molar-refractivity contribution < 1.29 is 17.9 Å². The number of hydrogen-bond acceptors (Lipinski definition) is 3. The number of nitrogens with one attached hydrogen (secondary N) is 1. The average molecular weight is 351 g/mol. The van der Waals surface area contributed by atoms with Gasteiger partial charge in [0, 0.05) is 32.2 Å². The molecule has 3 nitrogen and oxygen atoms in total. The quantitative estimate of drug-likeness (QED) is 0.820. The fraction of sp³-hybridized carbons (Fsp3) is 0.500. The number of ether oxygens (including phenoxy) is 1. The van der Waals surface area contributed by atoms with Crippen molar-refractivity contribution >= 4 is 12.4 Å². The molecule has 0 aliphatic carbocycles. The number of halogens is 4. The highest BCUT2D eigenvalue weighted by molar-refractivity contribution is 5.85. The number of hydrogen-bond donors (Lipinski definition) is 1. The van der Waals surface area contributed by atoms with Crippen LogP contribution in [0.25, 0.3) is 0 Å². The molecule has 1 aliphatic heterocycles. The minimum Gasteiger partial charge on any atom is -0.497 e. The minimum absolute atomic E-state index is 0. The molecule has 0 bridgehead atoms. The lowest BCUT2D eigenvalue weighted by molar-refractivity contribution is -0.137. The Morgan fingerprint density at radius 2 is 1.96 bits per heavy atom. The zero-order valence-electron chi connectivity index (χ0n) is 13.0. The summed E-state index contributed by atoms with van der Waals surface area (Å²) in [5.74, 6) is 0.231. The Bertz CT molecular complexity index is 517. The molecule has 1 heterocycles. The number of rotatable bonds is 5. The monoisotopic (exact) mass is 350 g/mol. The molecule has 1 aliphatic rings. The van der Waals surface area contributed by atoms with Gasteiger partial charge in [0.05, 0.1) is 12.7 Å². The summed E-state index contributed by atoms with van der Waals surface area (Å²) >= 11 is 0. The van der Waals surface area contributed by atoms with Crippen molar-refractivity contribution in [2.45, 2.75) is 18.6 Å². The Labute approximate surface area is 140 Å². The van der Waals surface area contributed by atoms with Crippen molar-refractivity contribution in [1.29, 1.82) is 0 Å². The maximum Gasteiger partial charge on any atom is 0.416 e. The highest BCUT2D eigenvalue weighted by atomic mass is 35.5. The summed E-state index contributed by atoms with van der Waals surface area (Å²) in [6.07, 6.45) is -2.03. The normalized spacial score (nSPS) is 17.2. The van der Waals surface area contributed by atoms with Gasteiger partial charge in [-0.25, -0.2) is 0 Å². The van der Waals surface area contributed by atoms with Gasteiger partial charge in [0.15, 0.2) is 0 Å². The zero-order chi connectivity index (χ0) is 16.2. The van der Waals surface area contributed by atoms with Gasteiger partial charge in [0.25, 0.3) is 0 Å². The summed E-state index contributed by atoms with van der Waals surface area (Å²) in [7, 11) is 1.38. The second-order valence-corrected chi connectivity index (χ2v) is 5.32. The van der Waals surface area contributed by atoms with E-state index >= 15 is 0 Å². The van der Waals surface area contributed by atoms with Crippen LogP contribution in [0.2, 0.25) is 0 Å². The summed E-state index contributed by atoms with van der Waals surface area (Å²) in [4.78, 5) is 2.19. The molecule has 0 radical (unpaired) electrons. The fourth-order valence-corrected chi connectivity index (χ4v) is 2.74. The largest absolute Gasteiger partial charge is 0.497 e. The van der Waals surface area contributed by atoms with Crippen LogP contribution >= 0.6 is 12.4 Å². The summed E-state index contributed by atoms with van der Waals surface area (Å²) in [6.45, 7) is 7.02. The van der Waals surface area contributed by atoms with Crippen LogP contribution in [0, 0.1) is 0 Å². The molecule has 1 saturated heterocycles. The van der Waals surface area contributed by atoms with Gasteiger partial charge in [-0.15, -0.1) is 19.0 Å². The van der Waals surface area contributed by atoms with E-state index in [1.165, 1.54) is 13.2 Å². The molecule has 7 heteroatoms. The van der Waals surface area contributed by atoms with Gasteiger partial charge in [-0.1, -0.05) is 6.08 Å². The Morgan fingerprint density at radius 1 is 1.30 bits per heavy atom. The zero-order valence-corrected chi connectivity index (χ0v) is 13.8. The van der Waals surface area contributed by atoms with E-state index in [1.807, 2.05) is 0 Å². The van der Waals surface area contributed by atoms with Crippen molar-refractivity contribution in [3.05, 3.63) is 42.0 Å². The standard InChI is InChI=1S/C16H21F3N2O.ClH/c1-3-4-15(21-7-5-20-6-8-21)12-9-13(16(17,18)19)11-14(10-12)22-2;/h3,9-11,15,20H,1,4-8H2,2H3;1H/t15-;/m1./s1. The molecule has 0 aromatic heterocycles. The highest BCUT2D eigenvalue weighted by Crippen LogP contribution is 2.36. The molecule has 1 fully saturated rings. The molecule has 1 N–H and O–H groups in total. The Hall–Kier alpha value is -1.24. The number of methoxy groups -OCH3 is 1. The number of alkyl halides is 3. The average Bonchev–Trinajstić information content (AvgIpc) is 2.52. The van der Waals surface area contributed by atoms with Crippen LogP contribution in [-0.2, 0) is 6.18 Å². The molecule has 1 atom stereocenters. The molecular weight excluding hydrogens is 329 g/mol. The second kappa shape index (κ2) is 8.57. The Kier molecular flexibility index (Phi) is 7.38. The van der Waals surface area contributed by atoms with E-state index in [4.69, 9.17) is 4.74 Å². The van der Waals surface area contributed by atoms with E-state index in [2.05, 4.69) is 16.8 Å². The van der Waals surface area contributed by atoms with Crippen LogP contribution < -0.4 is 10.1 Å². The van der Waals surface area contributed by atoms with Gasteiger partial charge < -0.3 is 10.1 Å². The smallest absolute Gasteiger partial charge is 0.416 e. The molecule has 1 aromatic carbocycles. The van der Waals surface area contributed by atoms with Gasteiger partial charge >= 0.3 is 6.18 Å². The molecule has 1 aromatic rings. The maximum absolute atomic E-state index is 13.1. The third-order valence-corrected chi connectivity index (χ3v) is 3.86. The summed E-state index contributed by atoms with van der Waals surface area (Å²) in [5.41, 5.74) is -0.0560. The second-order valence-electron chi connectivity index (χ2n) is 5.32. The first kappa shape index (κ1) is 19.8. The van der Waals surface area contributed by atoms with Crippen LogP contribution in [0.1, 0.15) is 23.6 Å². The van der Waals surface area contributed by atoms with Crippen molar-refractivity contribution in [3.8, 4) is 5.75 Å². The van der Waals surface area contributed by atoms with Crippen LogP contribution in [0.3, 0.4) is 0 Å². The number of piperazine rings is 1. The van der Waals surface area contributed by atoms with Crippen molar-refractivity contribution in [2.75, 3.05) is 33.3 Å². The Balaban J connectivity index is 0.00000264. The van der Waals surface area contributed by atoms with E-state index in [0.29, 0.717) is 12.0 Å². The SMILES string of the molecule is C=CC[C@H](c1cc(OC)cc(C(F)(F)F)c1)N1CCNCC1.Cl. The van der Waals surface area contributed by atoms with Crippen molar-refractivity contribution in [3.63, 3.8) is 0 Å². The molecular formula is C16H22ClF3N2O. The predicted octanol–water partition coefficient (Wildman–Crippen LogP) is 3.66. The summed E-state index contributed by atoms with van der Waals surface area (Å²) < 4.78 is 44.3.